The molecule has 5 nitrogen and oxygen atoms in total. The van der Waals surface area contributed by atoms with Crippen LogP contribution in [0.4, 0.5) is 5.69 Å². The van der Waals surface area contributed by atoms with E-state index in [1.165, 1.54) is 11.8 Å². The molecular formula is C16H15Cl2N3O2S. The highest BCUT2D eigenvalue weighted by molar-refractivity contribution is 8.00. The number of carbonyl (C=O) groups excluding carboxylic acids is 1. The molecule has 1 aromatic carbocycles. The van der Waals surface area contributed by atoms with Crippen LogP contribution >= 0.6 is 35.0 Å². The summed E-state index contributed by atoms with van der Waals surface area (Å²) in [4.78, 5) is 31.5. The van der Waals surface area contributed by atoms with E-state index in [4.69, 9.17) is 23.2 Å². The van der Waals surface area contributed by atoms with Crippen molar-refractivity contribution in [3.05, 3.63) is 49.9 Å². The molecule has 1 amide bonds. The summed E-state index contributed by atoms with van der Waals surface area (Å²) >= 11 is 13.1. The monoisotopic (exact) mass is 383 g/mol. The molecule has 3 rings (SSSR count). The number of nitrogens with zero attached hydrogens (tertiary/aromatic N) is 1. The summed E-state index contributed by atoms with van der Waals surface area (Å²) in [6.45, 7) is 1.75. The zero-order valence-electron chi connectivity index (χ0n) is 12.9. The molecule has 24 heavy (non-hydrogen) atoms. The lowest BCUT2D eigenvalue weighted by Crippen LogP contribution is -2.23. The van der Waals surface area contributed by atoms with Crippen LogP contribution in [-0.2, 0) is 17.6 Å². The molecule has 1 heterocycles. The molecule has 1 aliphatic rings. The number of H-pyrrole nitrogens is 1. The van der Waals surface area contributed by atoms with Gasteiger partial charge in [0.2, 0.25) is 5.91 Å². The number of hydrogen-bond acceptors (Lipinski definition) is 4. The standard InChI is InChI=1S/C16H15Cl2N3O2S/c1-8(14(22)19-11-6-9(17)5-10(18)7-11)24-16-20-13-4-2-3-12(13)15(23)21-16/h5-8H,2-4H2,1H3,(H,19,22)(H,20,21,23). The second kappa shape index (κ2) is 7.17. The van der Waals surface area contributed by atoms with Gasteiger partial charge in [0.1, 0.15) is 0 Å². The summed E-state index contributed by atoms with van der Waals surface area (Å²) < 4.78 is 0. The molecule has 0 radical (unpaired) electrons. The third-order valence-corrected chi connectivity index (χ3v) is 5.13. The Labute approximate surface area is 153 Å². The molecule has 0 spiro atoms. The van der Waals surface area contributed by atoms with Crippen molar-refractivity contribution in [2.45, 2.75) is 36.6 Å². The van der Waals surface area contributed by atoms with Gasteiger partial charge in [-0.1, -0.05) is 35.0 Å². The molecule has 1 unspecified atom stereocenters. The van der Waals surface area contributed by atoms with E-state index >= 15 is 0 Å². The van der Waals surface area contributed by atoms with E-state index in [0.717, 1.165) is 30.5 Å². The molecule has 8 heteroatoms. The van der Waals surface area contributed by atoms with Gasteiger partial charge in [-0.15, -0.1) is 0 Å². The fourth-order valence-electron chi connectivity index (χ4n) is 2.57. The van der Waals surface area contributed by atoms with Gasteiger partial charge in [-0.25, -0.2) is 4.98 Å². The number of thioether (sulfide) groups is 1. The minimum Gasteiger partial charge on any atom is -0.325 e. The Hall–Kier alpha value is -1.50. The van der Waals surface area contributed by atoms with Crippen LogP contribution in [0, 0.1) is 0 Å². The highest BCUT2D eigenvalue weighted by Gasteiger charge is 2.20. The minimum atomic E-state index is -0.439. The van der Waals surface area contributed by atoms with Gasteiger partial charge in [0.25, 0.3) is 5.56 Å². The maximum atomic E-state index is 12.3. The number of hydrogen-bond donors (Lipinski definition) is 2. The van der Waals surface area contributed by atoms with Crippen molar-refractivity contribution < 1.29 is 4.79 Å². The van der Waals surface area contributed by atoms with Crippen LogP contribution in [0.25, 0.3) is 0 Å². The number of nitrogens with one attached hydrogen (secondary N) is 2. The lowest BCUT2D eigenvalue weighted by atomic mass is 10.3. The second-order valence-corrected chi connectivity index (χ2v) is 7.76. The van der Waals surface area contributed by atoms with Gasteiger partial charge in [-0.3, -0.25) is 9.59 Å². The smallest absolute Gasteiger partial charge is 0.254 e. The van der Waals surface area contributed by atoms with Gasteiger partial charge in [-0.05, 0) is 44.4 Å². The molecule has 1 aromatic heterocycles. The topological polar surface area (TPSA) is 74.8 Å². The van der Waals surface area contributed by atoms with E-state index in [1.807, 2.05) is 0 Å². The Bertz CT molecular complexity index is 833. The summed E-state index contributed by atoms with van der Waals surface area (Å²) in [5.74, 6) is -0.221. The maximum absolute atomic E-state index is 12.3. The number of aryl methyl sites for hydroxylation is 1. The first-order valence-electron chi connectivity index (χ1n) is 7.48. The Morgan fingerprint density at radius 1 is 1.29 bits per heavy atom. The molecule has 0 saturated heterocycles. The molecule has 1 aliphatic carbocycles. The lowest BCUT2D eigenvalue weighted by molar-refractivity contribution is -0.115. The third kappa shape index (κ3) is 3.94. The number of benzene rings is 1. The number of fused-ring (bicyclic) bond motifs is 1. The number of carbonyl (C=O) groups is 1. The number of halogens is 2. The predicted molar refractivity (Wildman–Crippen MR) is 97.3 cm³/mol. The molecule has 1 atom stereocenters. The van der Waals surface area contributed by atoms with Crippen LogP contribution in [0.1, 0.15) is 24.6 Å². The van der Waals surface area contributed by atoms with Gasteiger partial charge in [0.15, 0.2) is 5.16 Å². The molecule has 0 fully saturated rings. The zero-order chi connectivity index (χ0) is 17.3. The fourth-order valence-corrected chi connectivity index (χ4v) is 3.91. The lowest BCUT2D eigenvalue weighted by Gasteiger charge is -2.12. The fraction of sp³-hybridized carbons (Fsp3) is 0.312. The number of rotatable bonds is 4. The summed E-state index contributed by atoms with van der Waals surface area (Å²) in [5, 5.41) is 3.68. The Morgan fingerprint density at radius 2 is 2.00 bits per heavy atom. The van der Waals surface area contributed by atoms with Crippen molar-refractivity contribution in [1.82, 2.24) is 9.97 Å². The van der Waals surface area contributed by atoms with E-state index in [0.29, 0.717) is 20.9 Å². The number of amides is 1. The first kappa shape index (κ1) is 17.3. The Kier molecular flexibility index (Phi) is 5.18. The van der Waals surface area contributed by atoms with Crippen LogP contribution in [0.15, 0.2) is 28.2 Å². The van der Waals surface area contributed by atoms with Gasteiger partial charge in [-0.2, -0.15) is 0 Å². The van der Waals surface area contributed by atoms with Crippen molar-refractivity contribution in [3.63, 3.8) is 0 Å². The van der Waals surface area contributed by atoms with E-state index < -0.39 is 5.25 Å². The molecule has 126 valence electrons. The SMILES string of the molecule is CC(Sc1nc2c(c(=O)[nH]1)CCC2)C(=O)Nc1cc(Cl)cc(Cl)c1. The number of anilines is 1. The first-order chi connectivity index (χ1) is 11.4. The highest BCUT2D eigenvalue weighted by Crippen LogP contribution is 2.25. The maximum Gasteiger partial charge on any atom is 0.254 e. The molecule has 0 bridgehead atoms. The minimum absolute atomic E-state index is 0.103. The summed E-state index contributed by atoms with van der Waals surface area (Å²) in [6, 6.07) is 4.84. The summed E-state index contributed by atoms with van der Waals surface area (Å²) in [7, 11) is 0. The Balaban J connectivity index is 1.70. The zero-order valence-corrected chi connectivity index (χ0v) is 15.2. The quantitative estimate of drug-likeness (QED) is 0.623. The van der Waals surface area contributed by atoms with Crippen molar-refractivity contribution >= 4 is 46.6 Å². The van der Waals surface area contributed by atoms with Crippen LogP contribution in [0.5, 0.6) is 0 Å². The average Bonchev–Trinajstić information content (AvgIpc) is 2.94. The van der Waals surface area contributed by atoms with Crippen LogP contribution in [0.2, 0.25) is 10.0 Å². The van der Waals surface area contributed by atoms with Crippen molar-refractivity contribution in [3.8, 4) is 0 Å². The van der Waals surface area contributed by atoms with Crippen LogP contribution < -0.4 is 10.9 Å². The van der Waals surface area contributed by atoms with E-state index in [-0.39, 0.29) is 11.5 Å². The van der Waals surface area contributed by atoms with Gasteiger partial charge in [0.05, 0.1) is 10.9 Å². The van der Waals surface area contributed by atoms with Crippen molar-refractivity contribution in [2.24, 2.45) is 0 Å². The normalized spacial score (nSPS) is 14.3. The number of aromatic amines is 1. The molecule has 2 aromatic rings. The summed E-state index contributed by atoms with van der Waals surface area (Å²) in [6.07, 6.45) is 2.54. The van der Waals surface area contributed by atoms with Gasteiger partial charge in [0, 0.05) is 21.3 Å². The molecular weight excluding hydrogens is 369 g/mol. The van der Waals surface area contributed by atoms with Crippen molar-refractivity contribution in [2.75, 3.05) is 5.32 Å². The summed E-state index contributed by atoms with van der Waals surface area (Å²) in [5.41, 5.74) is 2.04. The second-order valence-electron chi connectivity index (χ2n) is 5.56. The molecule has 2 N–H and O–H groups in total. The predicted octanol–water partition coefficient (Wildman–Crippen LogP) is 3.68. The van der Waals surface area contributed by atoms with Crippen molar-refractivity contribution in [1.29, 1.82) is 0 Å². The number of aromatic nitrogens is 2. The van der Waals surface area contributed by atoms with Crippen LogP contribution in [-0.4, -0.2) is 21.1 Å². The first-order valence-corrected chi connectivity index (χ1v) is 9.11. The Morgan fingerprint density at radius 3 is 2.71 bits per heavy atom. The van der Waals surface area contributed by atoms with E-state index in [9.17, 15) is 9.59 Å². The van der Waals surface area contributed by atoms with Crippen LogP contribution in [0.3, 0.4) is 0 Å². The van der Waals surface area contributed by atoms with E-state index in [1.54, 1.807) is 25.1 Å². The molecule has 0 aliphatic heterocycles. The van der Waals surface area contributed by atoms with Gasteiger partial charge >= 0.3 is 0 Å². The highest BCUT2D eigenvalue weighted by atomic mass is 35.5. The van der Waals surface area contributed by atoms with E-state index in [2.05, 4.69) is 15.3 Å². The molecule has 0 saturated carbocycles. The third-order valence-electron chi connectivity index (χ3n) is 3.71. The largest absolute Gasteiger partial charge is 0.325 e. The van der Waals surface area contributed by atoms with Gasteiger partial charge < -0.3 is 10.3 Å². The average molecular weight is 384 g/mol.